The van der Waals surface area contributed by atoms with E-state index >= 15 is 0 Å². The Bertz CT molecular complexity index is 541. The number of allylic oxidation sites excluding steroid dienone is 6. The largest absolute Gasteiger partial charge is 0.0833 e. The molecule has 1 atom stereocenters. The summed E-state index contributed by atoms with van der Waals surface area (Å²) in [6, 6.07) is 8.66. The van der Waals surface area contributed by atoms with Crippen molar-refractivity contribution in [3.63, 3.8) is 0 Å². The van der Waals surface area contributed by atoms with E-state index in [1.165, 1.54) is 27.8 Å². The molecule has 1 aromatic rings. The summed E-state index contributed by atoms with van der Waals surface area (Å²) in [6.45, 7) is 4.52. The highest BCUT2D eigenvalue weighted by Gasteiger charge is 2.24. The van der Waals surface area contributed by atoms with Crippen LogP contribution < -0.4 is 0 Å². The van der Waals surface area contributed by atoms with Gasteiger partial charge in [-0.3, -0.25) is 0 Å². The Hall–Kier alpha value is -1.56. The van der Waals surface area contributed by atoms with Gasteiger partial charge in [0.1, 0.15) is 0 Å². The van der Waals surface area contributed by atoms with Crippen LogP contribution >= 0.6 is 0 Å². The zero-order valence-corrected chi connectivity index (χ0v) is 10.4. The van der Waals surface area contributed by atoms with Crippen molar-refractivity contribution in [3.8, 4) is 0 Å². The molecule has 0 saturated heterocycles. The Morgan fingerprint density at radius 1 is 1.18 bits per heavy atom. The van der Waals surface area contributed by atoms with Gasteiger partial charge >= 0.3 is 0 Å². The minimum Gasteiger partial charge on any atom is -0.0833 e. The zero-order chi connectivity index (χ0) is 11.8. The molecule has 0 heterocycles. The van der Waals surface area contributed by atoms with Gasteiger partial charge in [-0.25, -0.2) is 0 Å². The third kappa shape index (κ3) is 1.88. The van der Waals surface area contributed by atoms with Crippen LogP contribution in [0.1, 0.15) is 24.5 Å². The highest BCUT2D eigenvalue weighted by atomic mass is 14.3. The van der Waals surface area contributed by atoms with E-state index in [9.17, 15) is 0 Å². The number of hydrogen-bond acceptors (Lipinski definition) is 0. The number of hydrogen-bond donors (Lipinski definition) is 0. The molecule has 0 bridgehead atoms. The quantitative estimate of drug-likeness (QED) is 0.690. The molecule has 0 aliphatic heterocycles. The van der Waals surface area contributed by atoms with E-state index < -0.39 is 0 Å². The Balaban J connectivity index is 2.16. The molecule has 0 aromatic heterocycles. The molecule has 1 aromatic carbocycles. The molecule has 0 heteroatoms. The van der Waals surface area contributed by atoms with Gasteiger partial charge in [0.25, 0.3) is 0 Å². The van der Waals surface area contributed by atoms with Gasteiger partial charge in [-0.15, -0.1) is 0 Å². The normalized spacial score (nSPS) is 22.7. The fourth-order valence-electron chi connectivity index (χ4n) is 2.63. The Morgan fingerprint density at radius 3 is 2.65 bits per heavy atom. The van der Waals surface area contributed by atoms with Crippen LogP contribution in [0.15, 0.2) is 53.6 Å². The molecular formula is C17H17. The molecule has 17 heavy (non-hydrogen) atoms. The second-order valence-corrected chi connectivity index (χ2v) is 4.97. The lowest BCUT2D eigenvalue weighted by Crippen LogP contribution is -2.05. The van der Waals surface area contributed by atoms with Crippen LogP contribution in [-0.4, -0.2) is 0 Å². The average molecular weight is 221 g/mol. The Kier molecular flexibility index (Phi) is 2.51. The van der Waals surface area contributed by atoms with Crippen LogP contribution in [0.5, 0.6) is 0 Å². The van der Waals surface area contributed by atoms with Gasteiger partial charge in [0.05, 0.1) is 0 Å². The monoisotopic (exact) mass is 221 g/mol. The third-order valence-electron chi connectivity index (χ3n) is 3.64. The maximum absolute atomic E-state index is 2.32. The first-order valence-electron chi connectivity index (χ1n) is 6.29. The lowest BCUT2D eigenvalue weighted by Gasteiger charge is -2.22. The summed E-state index contributed by atoms with van der Waals surface area (Å²) < 4.78 is 0. The highest BCUT2D eigenvalue weighted by molar-refractivity contribution is 5.85. The predicted molar refractivity (Wildman–Crippen MR) is 73.4 cm³/mol. The third-order valence-corrected chi connectivity index (χ3v) is 3.64. The van der Waals surface area contributed by atoms with E-state index in [4.69, 9.17) is 0 Å². The van der Waals surface area contributed by atoms with Crippen molar-refractivity contribution in [1.82, 2.24) is 0 Å². The second-order valence-electron chi connectivity index (χ2n) is 4.97. The van der Waals surface area contributed by atoms with Crippen molar-refractivity contribution in [2.75, 3.05) is 0 Å². The van der Waals surface area contributed by atoms with Crippen molar-refractivity contribution in [1.29, 1.82) is 0 Å². The van der Waals surface area contributed by atoms with Gasteiger partial charge in [-0.2, -0.15) is 0 Å². The van der Waals surface area contributed by atoms with Crippen LogP contribution in [0.2, 0.25) is 0 Å². The first kappa shape index (κ1) is 10.6. The minimum atomic E-state index is 0.639. The lowest BCUT2D eigenvalue weighted by atomic mass is 9.83. The van der Waals surface area contributed by atoms with E-state index in [0.717, 1.165) is 6.42 Å². The summed E-state index contributed by atoms with van der Waals surface area (Å²) >= 11 is 0. The van der Waals surface area contributed by atoms with Gasteiger partial charge < -0.3 is 0 Å². The molecule has 3 rings (SSSR count). The van der Waals surface area contributed by atoms with Crippen LogP contribution in [0.4, 0.5) is 0 Å². The average Bonchev–Trinajstić information content (AvgIpc) is 3.13. The topological polar surface area (TPSA) is 0 Å². The van der Waals surface area contributed by atoms with Crippen LogP contribution in [-0.2, 0) is 0 Å². The van der Waals surface area contributed by atoms with E-state index in [1.54, 1.807) is 0 Å². The number of aryl methyl sites for hydroxylation is 1. The number of rotatable bonds is 2. The molecule has 1 radical (unpaired) electrons. The maximum atomic E-state index is 2.32. The van der Waals surface area contributed by atoms with Crippen molar-refractivity contribution in [2.24, 2.45) is 5.92 Å². The van der Waals surface area contributed by atoms with Crippen molar-refractivity contribution in [3.05, 3.63) is 71.2 Å². The lowest BCUT2D eigenvalue weighted by molar-refractivity contribution is 0.704. The van der Waals surface area contributed by atoms with E-state index in [1.807, 2.05) is 0 Å². The molecule has 0 N–H and O–H groups in total. The van der Waals surface area contributed by atoms with Gasteiger partial charge in [-0.1, -0.05) is 49.4 Å². The summed E-state index contributed by atoms with van der Waals surface area (Å²) in [6.07, 6.45) is 10.2. The van der Waals surface area contributed by atoms with Gasteiger partial charge in [0.15, 0.2) is 0 Å². The van der Waals surface area contributed by atoms with Crippen LogP contribution in [0.25, 0.3) is 5.57 Å². The minimum absolute atomic E-state index is 0.639. The molecule has 2 aliphatic carbocycles. The Labute approximate surface area is 103 Å². The summed E-state index contributed by atoms with van der Waals surface area (Å²) in [5, 5.41) is 0. The first-order chi connectivity index (χ1) is 8.27. The second kappa shape index (κ2) is 4.03. The SMILES string of the molecule is Cc1ccccc1C1=C(C2=C[CH]2)C(C)CC=C1. The first-order valence-corrected chi connectivity index (χ1v) is 6.29. The smallest absolute Gasteiger partial charge is 0.0128 e. The van der Waals surface area contributed by atoms with E-state index in [0.29, 0.717) is 5.92 Å². The van der Waals surface area contributed by atoms with Crippen molar-refractivity contribution in [2.45, 2.75) is 20.3 Å². The van der Waals surface area contributed by atoms with Crippen LogP contribution in [0, 0.1) is 19.3 Å². The summed E-state index contributed by atoms with van der Waals surface area (Å²) in [4.78, 5) is 0. The van der Waals surface area contributed by atoms with Crippen LogP contribution in [0.3, 0.4) is 0 Å². The highest BCUT2D eigenvalue weighted by Crippen LogP contribution is 2.41. The molecule has 0 spiro atoms. The Morgan fingerprint density at radius 2 is 1.94 bits per heavy atom. The summed E-state index contributed by atoms with van der Waals surface area (Å²) in [5.41, 5.74) is 7.13. The standard InChI is InChI=1S/C17H17/c1-12-6-3-4-8-15(12)16-9-5-7-13(2)17(16)14-10-11-14/h3-6,8-11,13H,7H2,1-2H3. The van der Waals surface area contributed by atoms with E-state index in [-0.39, 0.29) is 0 Å². The molecule has 0 nitrogen and oxygen atoms in total. The predicted octanol–water partition coefficient (Wildman–Crippen LogP) is 4.49. The summed E-state index contributed by atoms with van der Waals surface area (Å²) in [7, 11) is 0. The van der Waals surface area contributed by atoms with Gasteiger partial charge in [-0.05, 0) is 47.1 Å². The zero-order valence-electron chi connectivity index (χ0n) is 10.4. The van der Waals surface area contributed by atoms with Gasteiger partial charge in [0.2, 0.25) is 0 Å². The maximum Gasteiger partial charge on any atom is 0.0128 e. The number of benzene rings is 1. The molecule has 0 amide bonds. The molecule has 0 saturated carbocycles. The molecule has 85 valence electrons. The van der Waals surface area contributed by atoms with Crippen molar-refractivity contribution >= 4 is 5.57 Å². The molecule has 2 aliphatic rings. The fraction of sp³-hybridized carbons (Fsp3) is 0.235. The van der Waals surface area contributed by atoms with Crippen molar-refractivity contribution < 1.29 is 0 Å². The molecule has 1 unspecified atom stereocenters. The molecule has 0 fully saturated rings. The summed E-state index contributed by atoms with van der Waals surface area (Å²) in [5.74, 6) is 0.639. The van der Waals surface area contributed by atoms with Gasteiger partial charge in [0, 0.05) is 6.42 Å². The fourth-order valence-corrected chi connectivity index (χ4v) is 2.63. The molecular weight excluding hydrogens is 204 g/mol. The van der Waals surface area contributed by atoms with E-state index in [2.05, 4.69) is 62.8 Å².